The van der Waals surface area contributed by atoms with Gasteiger partial charge in [-0.15, -0.1) is 0 Å². The van der Waals surface area contributed by atoms with E-state index in [0.717, 1.165) is 31.4 Å². The molecule has 9 heteroatoms. The number of benzene rings is 2. The summed E-state index contributed by atoms with van der Waals surface area (Å²) in [6.45, 7) is 3.57. The lowest BCUT2D eigenvalue weighted by Crippen LogP contribution is -2.40. The molecule has 1 heterocycles. The summed E-state index contributed by atoms with van der Waals surface area (Å²) in [6.07, 6.45) is 2.55. The van der Waals surface area contributed by atoms with Gasteiger partial charge in [-0.25, -0.2) is 17.2 Å². The van der Waals surface area contributed by atoms with Gasteiger partial charge in [0.25, 0.3) is 5.91 Å². The molecule has 0 spiro atoms. The van der Waals surface area contributed by atoms with Crippen molar-refractivity contribution in [1.29, 1.82) is 0 Å². The topological polar surface area (TPSA) is 66.9 Å². The van der Waals surface area contributed by atoms with Crippen LogP contribution >= 0.6 is 0 Å². The molecule has 174 valence electrons. The van der Waals surface area contributed by atoms with Crippen molar-refractivity contribution in [1.82, 2.24) is 9.21 Å². The van der Waals surface area contributed by atoms with Gasteiger partial charge in [-0.1, -0.05) is 31.9 Å². The molecule has 0 bridgehead atoms. The van der Waals surface area contributed by atoms with Crippen LogP contribution < -0.4 is 0 Å². The molecule has 32 heavy (non-hydrogen) atoms. The van der Waals surface area contributed by atoms with Crippen LogP contribution in [0.25, 0.3) is 0 Å². The Balaban J connectivity index is 1.88. The van der Waals surface area contributed by atoms with E-state index in [1.165, 1.54) is 27.4 Å². The molecule has 1 fully saturated rings. The Morgan fingerprint density at radius 1 is 1.06 bits per heavy atom. The molecule has 2 aromatic carbocycles. The number of carbonyl (C=O) groups is 1. The standard InChI is InChI=1S/C23H28F2N2O4S/c1-2-3-4-11-26(17-18-5-7-19(24)8-6-18)23(28)21-16-20(9-10-22(21)25)32(29,30)27-12-14-31-15-13-27/h5-10,16H,2-4,11-15,17H2,1H3. The molecule has 1 aliphatic rings. The first kappa shape index (κ1) is 24.3. The Bertz CT molecular complexity index is 1020. The Hall–Kier alpha value is -2.36. The number of amides is 1. The van der Waals surface area contributed by atoms with Crippen LogP contribution in [0.3, 0.4) is 0 Å². The molecule has 0 atom stereocenters. The van der Waals surface area contributed by atoms with Gasteiger partial charge in [0, 0.05) is 26.2 Å². The van der Waals surface area contributed by atoms with E-state index in [9.17, 15) is 22.0 Å². The molecule has 0 radical (unpaired) electrons. The Morgan fingerprint density at radius 2 is 1.75 bits per heavy atom. The first-order valence-electron chi connectivity index (χ1n) is 10.7. The Kier molecular flexibility index (Phi) is 8.33. The van der Waals surface area contributed by atoms with Gasteiger partial charge in [-0.2, -0.15) is 4.31 Å². The number of unbranched alkanes of at least 4 members (excludes halogenated alkanes) is 2. The highest BCUT2D eigenvalue weighted by molar-refractivity contribution is 7.89. The van der Waals surface area contributed by atoms with Gasteiger partial charge < -0.3 is 9.64 Å². The van der Waals surface area contributed by atoms with Crippen molar-refractivity contribution >= 4 is 15.9 Å². The predicted octanol–water partition coefficient (Wildman–Crippen LogP) is 3.82. The summed E-state index contributed by atoms with van der Waals surface area (Å²) in [6, 6.07) is 9.07. The molecular weight excluding hydrogens is 438 g/mol. The fraction of sp³-hybridized carbons (Fsp3) is 0.435. The summed E-state index contributed by atoms with van der Waals surface area (Å²) < 4.78 is 60.3. The van der Waals surface area contributed by atoms with E-state index in [-0.39, 0.29) is 49.1 Å². The monoisotopic (exact) mass is 466 g/mol. The van der Waals surface area contributed by atoms with Crippen LogP contribution in [-0.4, -0.2) is 56.4 Å². The van der Waals surface area contributed by atoms with Crippen LogP contribution in [0.2, 0.25) is 0 Å². The second-order valence-corrected chi connectivity index (χ2v) is 9.66. The summed E-state index contributed by atoms with van der Waals surface area (Å²) in [7, 11) is -3.87. The Morgan fingerprint density at radius 3 is 2.41 bits per heavy atom. The van der Waals surface area contributed by atoms with Crippen molar-refractivity contribution in [2.75, 3.05) is 32.8 Å². The van der Waals surface area contributed by atoms with Gasteiger partial charge in [-0.3, -0.25) is 4.79 Å². The van der Waals surface area contributed by atoms with Crippen molar-refractivity contribution in [2.45, 2.75) is 37.6 Å². The summed E-state index contributed by atoms with van der Waals surface area (Å²) in [5.41, 5.74) is 0.409. The molecule has 1 saturated heterocycles. The van der Waals surface area contributed by atoms with Crippen molar-refractivity contribution in [3.05, 3.63) is 65.2 Å². The molecule has 1 aliphatic heterocycles. The number of carbonyl (C=O) groups excluding carboxylic acids is 1. The van der Waals surface area contributed by atoms with Crippen LogP contribution in [0, 0.1) is 11.6 Å². The molecule has 3 rings (SSSR count). The zero-order chi connectivity index (χ0) is 23.1. The van der Waals surface area contributed by atoms with E-state index in [4.69, 9.17) is 4.74 Å². The van der Waals surface area contributed by atoms with E-state index < -0.39 is 21.7 Å². The molecule has 0 aromatic heterocycles. The normalized spacial score (nSPS) is 15.0. The third-order valence-corrected chi connectivity index (χ3v) is 7.28. The highest BCUT2D eigenvalue weighted by Crippen LogP contribution is 2.22. The average molecular weight is 467 g/mol. The number of hydrogen-bond acceptors (Lipinski definition) is 4. The summed E-state index contributed by atoms with van der Waals surface area (Å²) in [4.78, 5) is 14.6. The van der Waals surface area contributed by atoms with Crippen LogP contribution in [0.1, 0.15) is 42.1 Å². The third kappa shape index (κ3) is 5.90. The second-order valence-electron chi connectivity index (χ2n) is 7.72. The predicted molar refractivity (Wildman–Crippen MR) is 117 cm³/mol. The molecule has 0 saturated carbocycles. The summed E-state index contributed by atoms with van der Waals surface area (Å²) in [5, 5.41) is 0. The number of halogens is 2. The molecule has 0 N–H and O–H groups in total. The molecule has 0 unspecified atom stereocenters. The fourth-order valence-corrected chi connectivity index (χ4v) is 4.99. The van der Waals surface area contributed by atoms with Gasteiger partial charge in [0.05, 0.1) is 23.7 Å². The smallest absolute Gasteiger partial charge is 0.257 e. The first-order chi connectivity index (χ1) is 15.3. The minimum Gasteiger partial charge on any atom is -0.379 e. The van der Waals surface area contributed by atoms with Crippen LogP contribution in [0.15, 0.2) is 47.4 Å². The minimum atomic E-state index is -3.87. The number of ether oxygens (including phenoxy) is 1. The van der Waals surface area contributed by atoms with E-state index in [2.05, 4.69) is 0 Å². The average Bonchev–Trinajstić information content (AvgIpc) is 2.80. The van der Waals surface area contributed by atoms with Crippen LogP contribution in [0.5, 0.6) is 0 Å². The third-order valence-electron chi connectivity index (χ3n) is 5.38. The van der Waals surface area contributed by atoms with E-state index in [0.29, 0.717) is 12.1 Å². The molecule has 6 nitrogen and oxygen atoms in total. The lowest BCUT2D eigenvalue weighted by atomic mass is 10.1. The molecule has 2 aromatic rings. The molecule has 1 amide bonds. The number of morpholine rings is 1. The van der Waals surface area contributed by atoms with Crippen LogP contribution in [-0.2, 0) is 21.3 Å². The maximum atomic E-state index is 14.7. The molecular formula is C23H28F2N2O4S. The Labute approximate surface area is 187 Å². The fourth-order valence-electron chi connectivity index (χ4n) is 3.55. The summed E-state index contributed by atoms with van der Waals surface area (Å²) in [5.74, 6) is -1.76. The largest absolute Gasteiger partial charge is 0.379 e. The second kappa shape index (κ2) is 11.0. The SMILES string of the molecule is CCCCCN(Cc1ccc(F)cc1)C(=O)c1cc(S(=O)(=O)N2CCOCC2)ccc1F. The van der Waals surface area contributed by atoms with Gasteiger partial charge in [0.1, 0.15) is 11.6 Å². The maximum Gasteiger partial charge on any atom is 0.257 e. The minimum absolute atomic E-state index is 0.126. The number of hydrogen-bond donors (Lipinski definition) is 0. The van der Waals surface area contributed by atoms with Gasteiger partial charge in [0.2, 0.25) is 10.0 Å². The van der Waals surface area contributed by atoms with Crippen molar-refractivity contribution in [3.8, 4) is 0 Å². The number of rotatable bonds is 9. The zero-order valence-corrected chi connectivity index (χ0v) is 18.9. The van der Waals surface area contributed by atoms with Crippen molar-refractivity contribution in [3.63, 3.8) is 0 Å². The highest BCUT2D eigenvalue weighted by atomic mass is 32.2. The number of nitrogens with zero attached hydrogens (tertiary/aromatic N) is 2. The van der Waals surface area contributed by atoms with E-state index in [1.54, 1.807) is 12.1 Å². The van der Waals surface area contributed by atoms with Gasteiger partial charge in [0.15, 0.2) is 0 Å². The number of sulfonamides is 1. The lowest BCUT2D eigenvalue weighted by Gasteiger charge is -2.27. The van der Waals surface area contributed by atoms with Crippen LogP contribution in [0.4, 0.5) is 8.78 Å². The molecule has 0 aliphatic carbocycles. The van der Waals surface area contributed by atoms with Crippen molar-refractivity contribution < 1.29 is 26.7 Å². The maximum absolute atomic E-state index is 14.7. The lowest BCUT2D eigenvalue weighted by molar-refractivity contribution is 0.0727. The van der Waals surface area contributed by atoms with Gasteiger partial charge in [-0.05, 0) is 42.3 Å². The quantitative estimate of drug-likeness (QED) is 0.527. The van der Waals surface area contributed by atoms with E-state index in [1.807, 2.05) is 6.92 Å². The summed E-state index contributed by atoms with van der Waals surface area (Å²) >= 11 is 0. The zero-order valence-electron chi connectivity index (χ0n) is 18.1. The van der Waals surface area contributed by atoms with Crippen molar-refractivity contribution in [2.24, 2.45) is 0 Å². The first-order valence-corrected chi connectivity index (χ1v) is 12.2. The van der Waals surface area contributed by atoms with E-state index >= 15 is 0 Å². The highest BCUT2D eigenvalue weighted by Gasteiger charge is 2.29. The van der Waals surface area contributed by atoms with Gasteiger partial charge >= 0.3 is 0 Å².